The van der Waals surface area contributed by atoms with E-state index in [4.69, 9.17) is 11.5 Å². The van der Waals surface area contributed by atoms with E-state index in [-0.39, 0.29) is 5.91 Å². The molecule has 1 saturated carbocycles. The van der Waals surface area contributed by atoms with Crippen molar-refractivity contribution in [3.63, 3.8) is 0 Å². The highest BCUT2D eigenvalue weighted by molar-refractivity contribution is 5.88. The predicted molar refractivity (Wildman–Crippen MR) is 34.5 cm³/mol. The molecule has 3 nitrogen and oxygen atoms in total. The number of amides is 1. The first kappa shape index (κ1) is 6.55. The van der Waals surface area contributed by atoms with E-state index in [1.165, 1.54) is 0 Å². The Kier molecular flexibility index (Phi) is 1.24. The fourth-order valence-electron chi connectivity index (χ4n) is 1.16. The zero-order valence-corrected chi connectivity index (χ0v) is 5.55. The van der Waals surface area contributed by atoms with Gasteiger partial charge in [0.15, 0.2) is 0 Å². The Labute approximate surface area is 54.4 Å². The van der Waals surface area contributed by atoms with Gasteiger partial charge in [0.05, 0.1) is 5.54 Å². The van der Waals surface area contributed by atoms with Crippen LogP contribution >= 0.6 is 0 Å². The molecular weight excluding hydrogens is 116 g/mol. The standard InChI is InChI=1S/C6H12N2O/c1-2-4-3-6(4,8)5(7)9/h4H,2-3,8H2,1H3,(H2,7,9)/t4-,6+/m1/s1. The number of primary amides is 1. The smallest absolute Gasteiger partial charge is 0.237 e. The highest BCUT2D eigenvalue weighted by Crippen LogP contribution is 2.42. The molecule has 1 aliphatic rings. The monoisotopic (exact) mass is 128 g/mol. The second-order valence-electron chi connectivity index (χ2n) is 2.71. The Morgan fingerprint density at radius 3 is 2.56 bits per heavy atom. The summed E-state index contributed by atoms with van der Waals surface area (Å²) in [6.07, 6.45) is 1.73. The lowest BCUT2D eigenvalue weighted by Crippen LogP contribution is -2.40. The van der Waals surface area contributed by atoms with E-state index in [9.17, 15) is 4.79 Å². The van der Waals surface area contributed by atoms with Crippen LogP contribution in [-0.4, -0.2) is 11.4 Å². The van der Waals surface area contributed by atoms with Crippen LogP contribution in [0.4, 0.5) is 0 Å². The zero-order valence-electron chi connectivity index (χ0n) is 5.55. The highest BCUT2D eigenvalue weighted by Gasteiger charge is 2.54. The third-order valence-corrected chi connectivity index (χ3v) is 2.10. The van der Waals surface area contributed by atoms with Crippen molar-refractivity contribution >= 4 is 5.91 Å². The second kappa shape index (κ2) is 1.70. The highest BCUT2D eigenvalue weighted by atomic mass is 16.1. The molecule has 0 aliphatic heterocycles. The van der Waals surface area contributed by atoms with Crippen LogP contribution < -0.4 is 11.5 Å². The average Bonchev–Trinajstić information content (AvgIpc) is 2.44. The maximum absolute atomic E-state index is 10.5. The van der Waals surface area contributed by atoms with E-state index in [0.29, 0.717) is 5.92 Å². The van der Waals surface area contributed by atoms with E-state index in [0.717, 1.165) is 12.8 Å². The number of carbonyl (C=O) groups is 1. The summed E-state index contributed by atoms with van der Waals surface area (Å²) < 4.78 is 0. The number of rotatable bonds is 2. The minimum atomic E-state index is -0.644. The van der Waals surface area contributed by atoms with Crippen LogP contribution in [0.2, 0.25) is 0 Å². The summed E-state index contributed by atoms with van der Waals surface area (Å²) in [4.78, 5) is 10.5. The molecule has 0 aromatic heterocycles. The summed E-state index contributed by atoms with van der Waals surface area (Å²) in [5.74, 6) is -0.00986. The summed E-state index contributed by atoms with van der Waals surface area (Å²) in [5.41, 5.74) is 9.96. The van der Waals surface area contributed by atoms with E-state index in [1.807, 2.05) is 6.92 Å². The lowest BCUT2D eigenvalue weighted by atomic mass is 10.2. The van der Waals surface area contributed by atoms with E-state index in [2.05, 4.69) is 0 Å². The molecule has 0 heterocycles. The number of hydrogen-bond donors (Lipinski definition) is 2. The predicted octanol–water partition coefficient (Wildman–Crippen LogP) is -0.401. The van der Waals surface area contributed by atoms with Crippen LogP contribution in [0, 0.1) is 5.92 Å². The van der Waals surface area contributed by atoms with Gasteiger partial charge >= 0.3 is 0 Å². The van der Waals surface area contributed by atoms with Crippen molar-refractivity contribution in [2.75, 3.05) is 0 Å². The molecule has 1 rings (SSSR count). The van der Waals surface area contributed by atoms with E-state index >= 15 is 0 Å². The van der Waals surface area contributed by atoms with E-state index < -0.39 is 5.54 Å². The molecular formula is C6H12N2O. The molecule has 1 aliphatic carbocycles. The number of hydrogen-bond acceptors (Lipinski definition) is 2. The lowest BCUT2D eigenvalue weighted by molar-refractivity contribution is -0.120. The van der Waals surface area contributed by atoms with Gasteiger partial charge in [-0.2, -0.15) is 0 Å². The number of carbonyl (C=O) groups excluding carboxylic acids is 1. The molecule has 2 atom stereocenters. The Morgan fingerprint density at radius 1 is 1.89 bits per heavy atom. The van der Waals surface area contributed by atoms with Gasteiger partial charge in [-0.25, -0.2) is 0 Å². The molecule has 0 unspecified atom stereocenters. The maximum Gasteiger partial charge on any atom is 0.237 e. The molecule has 52 valence electrons. The first-order valence-electron chi connectivity index (χ1n) is 3.20. The quantitative estimate of drug-likeness (QED) is 0.531. The van der Waals surface area contributed by atoms with Crippen LogP contribution in [0.3, 0.4) is 0 Å². The third kappa shape index (κ3) is 0.812. The van der Waals surface area contributed by atoms with Crippen molar-refractivity contribution in [3.8, 4) is 0 Å². The third-order valence-electron chi connectivity index (χ3n) is 2.10. The van der Waals surface area contributed by atoms with Gasteiger partial charge in [-0.05, 0) is 12.3 Å². The largest absolute Gasteiger partial charge is 0.368 e. The van der Waals surface area contributed by atoms with Crippen molar-refractivity contribution in [2.24, 2.45) is 17.4 Å². The SMILES string of the molecule is CC[C@@H]1C[C@@]1(N)C(N)=O. The molecule has 0 spiro atoms. The second-order valence-corrected chi connectivity index (χ2v) is 2.71. The molecule has 0 aromatic carbocycles. The van der Waals surface area contributed by atoms with Gasteiger partial charge in [-0.3, -0.25) is 4.79 Å². The molecule has 4 N–H and O–H groups in total. The van der Waals surface area contributed by atoms with Crippen molar-refractivity contribution in [1.82, 2.24) is 0 Å². The van der Waals surface area contributed by atoms with Crippen molar-refractivity contribution in [1.29, 1.82) is 0 Å². The van der Waals surface area contributed by atoms with Crippen LogP contribution in [0.15, 0.2) is 0 Å². The molecule has 9 heavy (non-hydrogen) atoms. The first-order valence-corrected chi connectivity index (χ1v) is 3.20. The van der Waals surface area contributed by atoms with Gasteiger partial charge in [0.25, 0.3) is 0 Å². The lowest BCUT2D eigenvalue weighted by Gasteiger charge is -2.02. The van der Waals surface area contributed by atoms with Crippen molar-refractivity contribution < 1.29 is 4.79 Å². The Bertz CT molecular complexity index is 146. The van der Waals surface area contributed by atoms with Crippen LogP contribution in [0.1, 0.15) is 19.8 Å². The summed E-state index contributed by atoms with van der Waals surface area (Å²) in [5, 5.41) is 0. The minimum Gasteiger partial charge on any atom is -0.368 e. The Hall–Kier alpha value is -0.570. The van der Waals surface area contributed by atoms with Crippen molar-refractivity contribution in [2.45, 2.75) is 25.3 Å². The van der Waals surface area contributed by atoms with Crippen LogP contribution in [-0.2, 0) is 4.79 Å². The Balaban J connectivity index is 2.52. The molecule has 0 aromatic rings. The molecule has 1 fully saturated rings. The summed E-state index contributed by atoms with van der Waals surface area (Å²) in [7, 11) is 0. The van der Waals surface area contributed by atoms with Crippen LogP contribution in [0.25, 0.3) is 0 Å². The zero-order chi connectivity index (χ0) is 7.07. The van der Waals surface area contributed by atoms with E-state index in [1.54, 1.807) is 0 Å². The number of nitrogens with two attached hydrogens (primary N) is 2. The summed E-state index contributed by atoms with van der Waals surface area (Å²) in [6.45, 7) is 2.02. The normalized spacial score (nSPS) is 40.4. The summed E-state index contributed by atoms with van der Waals surface area (Å²) in [6, 6.07) is 0. The fourth-order valence-corrected chi connectivity index (χ4v) is 1.16. The topological polar surface area (TPSA) is 69.1 Å². The molecule has 3 heteroatoms. The minimum absolute atomic E-state index is 0.343. The van der Waals surface area contributed by atoms with Gasteiger partial charge in [-0.15, -0.1) is 0 Å². The summed E-state index contributed by atoms with van der Waals surface area (Å²) >= 11 is 0. The first-order chi connectivity index (χ1) is 4.11. The van der Waals surface area contributed by atoms with Crippen LogP contribution in [0.5, 0.6) is 0 Å². The Morgan fingerprint density at radius 2 is 2.44 bits per heavy atom. The average molecular weight is 128 g/mol. The maximum atomic E-state index is 10.5. The molecule has 0 bridgehead atoms. The fraction of sp³-hybridized carbons (Fsp3) is 0.833. The van der Waals surface area contributed by atoms with Gasteiger partial charge in [0.1, 0.15) is 0 Å². The van der Waals surface area contributed by atoms with Gasteiger partial charge in [0.2, 0.25) is 5.91 Å². The van der Waals surface area contributed by atoms with Gasteiger partial charge in [-0.1, -0.05) is 13.3 Å². The molecule has 0 saturated heterocycles. The van der Waals surface area contributed by atoms with Crippen molar-refractivity contribution in [3.05, 3.63) is 0 Å². The van der Waals surface area contributed by atoms with Gasteiger partial charge in [0, 0.05) is 0 Å². The molecule has 1 amide bonds. The van der Waals surface area contributed by atoms with Gasteiger partial charge < -0.3 is 11.5 Å². The molecule has 0 radical (unpaired) electrons.